The summed E-state index contributed by atoms with van der Waals surface area (Å²) in [5, 5.41) is 5.98. The third kappa shape index (κ3) is 11.4. The molecule has 0 rings (SSSR count). The van der Waals surface area contributed by atoms with Crippen LogP contribution < -0.4 is 10.6 Å². The fourth-order valence-electron chi connectivity index (χ4n) is 1.36. The van der Waals surface area contributed by atoms with Crippen molar-refractivity contribution in [2.24, 2.45) is 5.41 Å². The van der Waals surface area contributed by atoms with E-state index < -0.39 is 0 Å². The highest BCUT2D eigenvalue weighted by atomic mass is 16.1. The van der Waals surface area contributed by atoms with Gasteiger partial charge in [-0.05, 0) is 38.3 Å². The molecule has 0 saturated heterocycles. The molecule has 0 radical (unpaired) electrons. The fraction of sp³-hybridized carbons (Fsp3) is 0.917. The Hall–Kier alpha value is -0.570. The smallest absolute Gasteiger partial charge is 0.219 e. The van der Waals surface area contributed by atoms with Crippen LogP contribution in [0.25, 0.3) is 0 Å². The first-order valence-electron chi connectivity index (χ1n) is 5.87. The predicted octanol–water partition coefficient (Wildman–Crippen LogP) is 1.93. The number of hydrogen-bond acceptors (Lipinski definition) is 2. The molecule has 0 aromatic carbocycles. The molecule has 15 heavy (non-hydrogen) atoms. The van der Waals surface area contributed by atoms with E-state index in [1.54, 1.807) is 0 Å². The second-order valence-electron chi connectivity index (χ2n) is 5.22. The molecule has 0 bridgehead atoms. The van der Waals surface area contributed by atoms with Crippen molar-refractivity contribution in [3.05, 3.63) is 0 Å². The number of amides is 1. The van der Waals surface area contributed by atoms with E-state index in [1.165, 1.54) is 0 Å². The second kappa shape index (κ2) is 7.69. The molecule has 1 amide bonds. The first-order chi connectivity index (χ1) is 6.95. The first-order valence-corrected chi connectivity index (χ1v) is 5.87. The molecular formula is C12H26N2O. The van der Waals surface area contributed by atoms with E-state index in [9.17, 15) is 4.79 Å². The molecule has 0 heterocycles. The summed E-state index contributed by atoms with van der Waals surface area (Å²) in [6.45, 7) is 8.37. The quantitative estimate of drug-likeness (QED) is 0.636. The summed E-state index contributed by atoms with van der Waals surface area (Å²) in [4.78, 5) is 11.4. The Morgan fingerprint density at radius 2 is 1.80 bits per heavy atom. The van der Waals surface area contributed by atoms with Crippen molar-refractivity contribution >= 4 is 5.91 Å². The number of carbonyl (C=O) groups excluding carboxylic acids is 1. The predicted molar refractivity (Wildman–Crippen MR) is 64.9 cm³/mol. The standard InChI is InChI=1S/C12H26N2O/c1-12(2,3)8-5-7-11(15)14-10-6-9-13-4/h13H,5-10H2,1-4H3,(H,14,15). The van der Waals surface area contributed by atoms with Crippen LogP contribution >= 0.6 is 0 Å². The Kier molecular flexibility index (Phi) is 7.39. The van der Waals surface area contributed by atoms with Crippen molar-refractivity contribution in [2.75, 3.05) is 20.1 Å². The average Bonchev–Trinajstić information content (AvgIpc) is 2.10. The van der Waals surface area contributed by atoms with Crippen molar-refractivity contribution in [3.63, 3.8) is 0 Å². The van der Waals surface area contributed by atoms with Crippen LogP contribution in [0.4, 0.5) is 0 Å². The number of hydrogen-bond donors (Lipinski definition) is 2. The summed E-state index contributed by atoms with van der Waals surface area (Å²) >= 11 is 0. The minimum absolute atomic E-state index is 0.190. The third-order valence-corrected chi connectivity index (χ3v) is 2.26. The van der Waals surface area contributed by atoms with E-state index in [0.29, 0.717) is 11.8 Å². The third-order valence-electron chi connectivity index (χ3n) is 2.26. The molecule has 0 spiro atoms. The van der Waals surface area contributed by atoms with Crippen molar-refractivity contribution in [3.8, 4) is 0 Å². The van der Waals surface area contributed by atoms with E-state index in [0.717, 1.165) is 32.4 Å². The normalized spacial score (nSPS) is 11.5. The monoisotopic (exact) mass is 214 g/mol. The highest BCUT2D eigenvalue weighted by molar-refractivity contribution is 5.75. The average molecular weight is 214 g/mol. The van der Waals surface area contributed by atoms with Crippen molar-refractivity contribution < 1.29 is 4.79 Å². The molecule has 0 unspecified atom stereocenters. The Balaban J connectivity index is 3.34. The van der Waals surface area contributed by atoms with Gasteiger partial charge in [-0.3, -0.25) is 4.79 Å². The molecule has 3 nitrogen and oxygen atoms in total. The maximum atomic E-state index is 11.4. The van der Waals surface area contributed by atoms with Crippen molar-refractivity contribution in [1.82, 2.24) is 10.6 Å². The fourth-order valence-corrected chi connectivity index (χ4v) is 1.36. The van der Waals surface area contributed by atoms with Gasteiger partial charge in [0.05, 0.1) is 0 Å². The van der Waals surface area contributed by atoms with Gasteiger partial charge in [0.1, 0.15) is 0 Å². The van der Waals surface area contributed by atoms with Gasteiger partial charge in [-0.1, -0.05) is 20.8 Å². The van der Waals surface area contributed by atoms with Gasteiger partial charge in [0.25, 0.3) is 0 Å². The van der Waals surface area contributed by atoms with E-state index in [-0.39, 0.29) is 5.91 Å². The van der Waals surface area contributed by atoms with Crippen LogP contribution in [-0.2, 0) is 4.79 Å². The van der Waals surface area contributed by atoms with Crippen LogP contribution in [0.3, 0.4) is 0 Å². The zero-order valence-corrected chi connectivity index (χ0v) is 10.7. The zero-order chi connectivity index (χ0) is 11.7. The lowest BCUT2D eigenvalue weighted by atomic mass is 9.90. The minimum atomic E-state index is 0.190. The van der Waals surface area contributed by atoms with Crippen LogP contribution in [0.15, 0.2) is 0 Å². The van der Waals surface area contributed by atoms with E-state index >= 15 is 0 Å². The molecule has 3 heteroatoms. The van der Waals surface area contributed by atoms with Crippen LogP contribution in [0.2, 0.25) is 0 Å². The Labute approximate surface area is 94.0 Å². The molecule has 0 aliphatic heterocycles. The van der Waals surface area contributed by atoms with Crippen molar-refractivity contribution in [2.45, 2.75) is 46.5 Å². The topological polar surface area (TPSA) is 41.1 Å². The second-order valence-corrected chi connectivity index (χ2v) is 5.22. The Morgan fingerprint density at radius 1 is 1.13 bits per heavy atom. The minimum Gasteiger partial charge on any atom is -0.356 e. The molecule has 2 N–H and O–H groups in total. The lowest BCUT2D eigenvalue weighted by Gasteiger charge is -2.17. The Morgan fingerprint density at radius 3 is 2.33 bits per heavy atom. The SMILES string of the molecule is CNCCCNC(=O)CCCC(C)(C)C. The Bertz CT molecular complexity index is 173. The largest absolute Gasteiger partial charge is 0.356 e. The van der Waals surface area contributed by atoms with Crippen LogP contribution in [-0.4, -0.2) is 26.0 Å². The first kappa shape index (κ1) is 14.4. The summed E-state index contributed by atoms with van der Waals surface area (Å²) in [6, 6.07) is 0. The van der Waals surface area contributed by atoms with Crippen LogP contribution in [0.5, 0.6) is 0 Å². The number of rotatable bonds is 7. The summed E-state index contributed by atoms with van der Waals surface area (Å²) in [7, 11) is 1.92. The summed E-state index contributed by atoms with van der Waals surface area (Å²) < 4.78 is 0. The molecule has 0 aromatic heterocycles. The summed E-state index contributed by atoms with van der Waals surface area (Å²) in [5.41, 5.74) is 0.340. The van der Waals surface area contributed by atoms with Gasteiger partial charge >= 0.3 is 0 Å². The van der Waals surface area contributed by atoms with Gasteiger partial charge < -0.3 is 10.6 Å². The lowest BCUT2D eigenvalue weighted by Crippen LogP contribution is -2.26. The van der Waals surface area contributed by atoms with Crippen molar-refractivity contribution in [1.29, 1.82) is 0 Å². The van der Waals surface area contributed by atoms with Crippen LogP contribution in [0.1, 0.15) is 46.5 Å². The van der Waals surface area contributed by atoms with Crippen LogP contribution in [0, 0.1) is 5.41 Å². The highest BCUT2D eigenvalue weighted by Gasteiger charge is 2.10. The van der Waals surface area contributed by atoms with E-state index in [1.807, 2.05) is 7.05 Å². The van der Waals surface area contributed by atoms with Gasteiger partial charge in [-0.2, -0.15) is 0 Å². The summed E-state index contributed by atoms with van der Waals surface area (Å²) in [5.74, 6) is 0.190. The van der Waals surface area contributed by atoms with Gasteiger partial charge in [-0.15, -0.1) is 0 Å². The maximum Gasteiger partial charge on any atom is 0.219 e. The van der Waals surface area contributed by atoms with E-state index in [4.69, 9.17) is 0 Å². The molecule has 90 valence electrons. The van der Waals surface area contributed by atoms with Gasteiger partial charge in [0.15, 0.2) is 0 Å². The molecule has 0 saturated carbocycles. The summed E-state index contributed by atoms with van der Waals surface area (Å²) in [6.07, 6.45) is 3.76. The zero-order valence-electron chi connectivity index (χ0n) is 10.7. The maximum absolute atomic E-state index is 11.4. The highest BCUT2D eigenvalue weighted by Crippen LogP contribution is 2.21. The van der Waals surface area contributed by atoms with Gasteiger partial charge in [-0.25, -0.2) is 0 Å². The lowest BCUT2D eigenvalue weighted by molar-refractivity contribution is -0.121. The molecule has 0 aromatic rings. The molecule has 0 aliphatic rings. The molecular weight excluding hydrogens is 188 g/mol. The molecule has 0 atom stereocenters. The van der Waals surface area contributed by atoms with E-state index in [2.05, 4.69) is 31.4 Å². The van der Waals surface area contributed by atoms with Gasteiger partial charge in [0, 0.05) is 13.0 Å². The number of nitrogens with one attached hydrogen (secondary N) is 2. The van der Waals surface area contributed by atoms with Gasteiger partial charge in [0.2, 0.25) is 5.91 Å². The molecule has 0 fully saturated rings. The molecule has 0 aliphatic carbocycles. The number of carbonyl (C=O) groups is 1.